The van der Waals surface area contributed by atoms with Crippen LogP contribution in [0.5, 0.6) is 0 Å². The molecular weight excluding hydrogens is 334 g/mol. The number of nitrogens with two attached hydrogens (primary N) is 1. The largest absolute Gasteiger partial charge is 0.399 e. The third-order valence-electron chi connectivity index (χ3n) is 3.33. The summed E-state index contributed by atoms with van der Waals surface area (Å²) in [6.07, 6.45) is 9.94. The van der Waals surface area contributed by atoms with Crippen molar-refractivity contribution in [1.82, 2.24) is 0 Å². The van der Waals surface area contributed by atoms with Crippen LogP contribution >= 0.6 is 0 Å². The quantitative estimate of drug-likeness (QED) is 0.281. The van der Waals surface area contributed by atoms with Gasteiger partial charge in [0.25, 0.3) is 0 Å². The highest BCUT2D eigenvalue weighted by Crippen LogP contribution is 2.11. The molecule has 0 heterocycles. The third kappa shape index (κ3) is 21.8. The lowest BCUT2D eigenvalue weighted by Crippen LogP contribution is -2.15. The van der Waals surface area contributed by atoms with E-state index >= 15 is 0 Å². The second-order valence-corrected chi connectivity index (χ2v) is 6.79. The Kier molecular flexibility index (Phi) is 20.7. The van der Waals surface area contributed by atoms with Crippen LogP contribution in [-0.2, 0) is 18.8 Å². The van der Waals surface area contributed by atoms with Crippen LogP contribution in [0.4, 0.5) is 0 Å². The second-order valence-electron chi connectivity index (χ2n) is 5.50. The van der Waals surface area contributed by atoms with Gasteiger partial charge in [-0.15, -0.1) is 0 Å². The van der Waals surface area contributed by atoms with Crippen molar-refractivity contribution in [2.45, 2.75) is 83.8 Å². The number of hydrogen-bond acceptors (Lipinski definition) is 7. The van der Waals surface area contributed by atoms with Crippen molar-refractivity contribution in [3.05, 3.63) is 0 Å². The van der Waals surface area contributed by atoms with Crippen molar-refractivity contribution in [3.8, 4) is 0 Å². The molecule has 0 aliphatic heterocycles. The van der Waals surface area contributed by atoms with E-state index in [9.17, 15) is 8.42 Å². The molecule has 0 aromatic heterocycles. The fraction of sp³-hybridized carbons (Fsp3) is 1.00. The van der Waals surface area contributed by atoms with Gasteiger partial charge in [0.1, 0.15) is 0 Å². The molecule has 0 saturated heterocycles. The third-order valence-corrected chi connectivity index (χ3v) is 4.24. The molecule has 0 aromatic carbocycles. The lowest BCUT2D eigenvalue weighted by atomic mass is 10.1. The molecule has 0 bridgehead atoms. The summed E-state index contributed by atoms with van der Waals surface area (Å²) in [5, 5.41) is 17.1. The van der Waals surface area contributed by atoms with Crippen molar-refractivity contribution in [3.63, 3.8) is 0 Å². The predicted molar refractivity (Wildman–Crippen MR) is 95.6 cm³/mol. The van der Waals surface area contributed by atoms with Crippen LogP contribution in [0.15, 0.2) is 0 Å². The molecule has 0 aliphatic rings. The fourth-order valence-electron chi connectivity index (χ4n) is 2.04. The normalized spacial score (nSPS) is 11.4. The Morgan fingerprint density at radius 2 is 1.21 bits per heavy atom. The highest BCUT2D eigenvalue weighted by atomic mass is 32.3. The van der Waals surface area contributed by atoms with Crippen LogP contribution in [0.2, 0.25) is 0 Å². The molecule has 0 atom stereocenters. The maximum absolute atomic E-state index is 11.3. The Morgan fingerprint density at radius 3 is 1.67 bits per heavy atom. The van der Waals surface area contributed by atoms with Crippen molar-refractivity contribution in [1.29, 1.82) is 0 Å². The topological polar surface area (TPSA) is 119 Å². The molecule has 7 nitrogen and oxygen atoms in total. The Morgan fingerprint density at radius 1 is 0.792 bits per heavy atom. The SMILES string of the molecule is CCCCCCCCCCCCOS(=O)(=O)OCCC(O)O.CN. The first kappa shape index (κ1) is 26.0. The van der Waals surface area contributed by atoms with Crippen LogP contribution < -0.4 is 5.73 Å². The first-order chi connectivity index (χ1) is 11.5. The van der Waals surface area contributed by atoms with E-state index in [1.165, 1.54) is 52.0 Å². The van der Waals surface area contributed by atoms with Crippen LogP contribution in [0, 0.1) is 0 Å². The molecular formula is C16H37NO6S. The van der Waals surface area contributed by atoms with Crippen molar-refractivity contribution in [2.75, 3.05) is 20.3 Å². The van der Waals surface area contributed by atoms with Gasteiger partial charge in [-0.25, -0.2) is 8.37 Å². The van der Waals surface area contributed by atoms with Gasteiger partial charge in [0.2, 0.25) is 0 Å². The summed E-state index contributed by atoms with van der Waals surface area (Å²) in [6.45, 7) is 2.03. The summed E-state index contributed by atoms with van der Waals surface area (Å²) >= 11 is 0. The van der Waals surface area contributed by atoms with E-state index in [0.29, 0.717) is 6.42 Å². The number of rotatable bonds is 16. The van der Waals surface area contributed by atoms with E-state index in [1.54, 1.807) is 0 Å². The zero-order valence-electron chi connectivity index (χ0n) is 15.3. The standard InChI is InChI=1S/C15H32O6S.CH5N/c1-2-3-4-5-6-7-8-9-10-11-13-20-22(18,19)21-14-12-15(16)17;1-2/h15-17H,2-14H2,1H3;2H2,1H3. The van der Waals surface area contributed by atoms with Crippen LogP contribution in [0.3, 0.4) is 0 Å². The van der Waals surface area contributed by atoms with Crippen molar-refractivity contribution in [2.24, 2.45) is 5.73 Å². The molecule has 0 saturated carbocycles. The summed E-state index contributed by atoms with van der Waals surface area (Å²) in [4.78, 5) is 0. The molecule has 0 radical (unpaired) electrons. The minimum absolute atomic E-state index is 0.112. The Hall–Kier alpha value is -0.250. The van der Waals surface area contributed by atoms with E-state index in [1.807, 2.05) is 0 Å². The zero-order valence-corrected chi connectivity index (χ0v) is 16.1. The lowest BCUT2D eigenvalue weighted by Gasteiger charge is -2.07. The molecule has 148 valence electrons. The van der Waals surface area contributed by atoms with Gasteiger partial charge in [-0.3, -0.25) is 0 Å². The summed E-state index contributed by atoms with van der Waals surface area (Å²) in [7, 11) is -2.51. The molecule has 0 aliphatic carbocycles. The van der Waals surface area contributed by atoms with Gasteiger partial charge in [0.15, 0.2) is 6.29 Å². The Labute approximate surface area is 147 Å². The maximum Gasteiger partial charge on any atom is 0.399 e. The van der Waals surface area contributed by atoms with E-state index < -0.39 is 16.7 Å². The van der Waals surface area contributed by atoms with Gasteiger partial charge in [-0.1, -0.05) is 64.7 Å². The summed E-state index contributed by atoms with van der Waals surface area (Å²) in [5.74, 6) is 0. The second kappa shape index (κ2) is 19.1. The highest BCUT2D eigenvalue weighted by molar-refractivity contribution is 7.81. The molecule has 0 aromatic rings. The first-order valence-corrected chi connectivity index (χ1v) is 10.3. The summed E-state index contributed by atoms with van der Waals surface area (Å²) in [6, 6.07) is 0. The van der Waals surface area contributed by atoms with Crippen LogP contribution in [0.25, 0.3) is 0 Å². The van der Waals surface area contributed by atoms with Gasteiger partial charge in [0, 0.05) is 6.42 Å². The predicted octanol–water partition coefficient (Wildman–Crippen LogP) is 2.46. The van der Waals surface area contributed by atoms with Crippen molar-refractivity contribution < 1.29 is 27.0 Å². The average molecular weight is 372 g/mol. The van der Waals surface area contributed by atoms with Crippen LogP contribution in [0.1, 0.15) is 77.6 Å². The number of aliphatic hydroxyl groups excluding tert-OH is 1. The van der Waals surface area contributed by atoms with E-state index in [-0.39, 0.29) is 19.6 Å². The zero-order chi connectivity index (χ0) is 18.7. The number of hydrogen-bond donors (Lipinski definition) is 3. The minimum atomic E-state index is -4.01. The van der Waals surface area contributed by atoms with Crippen molar-refractivity contribution >= 4 is 10.4 Å². The summed E-state index contributed by atoms with van der Waals surface area (Å²) < 4.78 is 31.7. The smallest absolute Gasteiger partial charge is 0.368 e. The number of unbranched alkanes of at least 4 members (excludes halogenated alkanes) is 9. The molecule has 0 fully saturated rings. The minimum Gasteiger partial charge on any atom is -0.368 e. The van der Waals surface area contributed by atoms with E-state index in [2.05, 4.69) is 21.0 Å². The molecule has 8 heteroatoms. The lowest BCUT2D eigenvalue weighted by molar-refractivity contribution is -0.0522. The van der Waals surface area contributed by atoms with Gasteiger partial charge in [0.05, 0.1) is 13.2 Å². The fourth-order valence-corrected chi connectivity index (χ4v) is 2.73. The molecule has 0 rings (SSSR count). The molecule has 0 spiro atoms. The van der Waals surface area contributed by atoms with Gasteiger partial charge in [-0.05, 0) is 13.5 Å². The van der Waals surface area contributed by atoms with E-state index in [0.717, 1.165) is 12.8 Å². The van der Waals surface area contributed by atoms with E-state index in [4.69, 9.17) is 10.2 Å². The molecule has 4 N–H and O–H groups in total. The molecule has 0 amide bonds. The number of aliphatic hydroxyl groups is 2. The van der Waals surface area contributed by atoms with Gasteiger partial charge in [-0.2, -0.15) is 8.42 Å². The summed E-state index contributed by atoms with van der Waals surface area (Å²) in [5.41, 5.74) is 4.50. The van der Waals surface area contributed by atoms with Crippen LogP contribution in [-0.4, -0.2) is 45.2 Å². The average Bonchev–Trinajstić information content (AvgIpc) is 2.54. The molecule has 24 heavy (non-hydrogen) atoms. The first-order valence-electron chi connectivity index (χ1n) is 8.95. The van der Waals surface area contributed by atoms with Gasteiger partial charge < -0.3 is 15.9 Å². The Balaban J connectivity index is 0. The monoisotopic (exact) mass is 371 g/mol. The molecule has 0 unspecified atom stereocenters. The highest BCUT2D eigenvalue weighted by Gasteiger charge is 2.12. The van der Waals surface area contributed by atoms with Gasteiger partial charge >= 0.3 is 10.4 Å². The Bertz CT molecular complexity index is 335. The maximum atomic E-state index is 11.3.